The van der Waals surface area contributed by atoms with Crippen molar-refractivity contribution in [1.82, 2.24) is 0 Å². The minimum Gasteiger partial charge on any atom is -0.369 e. The molecule has 0 unspecified atom stereocenters. The van der Waals surface area contributed by atoms with Gasteiger partial charge in [-0.2, -0.15) is 26.3 Å². The molecular weight excluding hydrogens is 423 g/mol. The molecule has 2 N–H and O–H groups in total. The predicted octanol–water partition coefficient (Wildman–Crippen LogP) is 5.56. The van der Waals surface area contributed by atoms with E-state index in [9.17, 15) is 36.2 Å². The second kappa shape index (κ2) is 7.21. The molecule has 1 amide bonds. The SMILES string of the molecule is O=C(Nc1ccc(C(O)(C(F)(F)F)C(F)(F)F)cc1)c1cc(Cl)cc(Cl)c1. The summed E-state index contributed by atoms with van der Waals surface area (Å²) in [5.74, 6) is -0.742. The van der Waals surface area contributed by atoms with Crippen LogP contribution in [0.2, 0.25) is 10.0 Å². The lowest BCUT2D eigenvalue weighted by molar-refractivity contribution is -0.376. The van der Waals surface area contributed by atoms with Gasteiger partial charge in [-0.25, -0.2) is 0 Å². The number of anilines is 1. The van der Waals surface area contributed by atoms with Crippen molar-refractivity contribution in [2.24, 2.45) is 0 Å². The van der Waals surface area contributed by atoms with E-state index in [0.717, 1.165) is 12.1 Å². The molecule has 0 saturated carbocycles. The van der Waals surface area contributed by atoms with Crippen molar-refractivity contribution >= 4 is 34.8 Å². The topological polar surface area (TPSA) is 49.3 Å². The number of halogens is 8. The van der Waals surface area contributed by atoms with Crippen molar-refractivity contribution in [3.05, 3.63) is 63.6 Å². The number of amides is 1. The Balaban J connectivity index is 2.30. The van der Waals surface area contributed by atoms with Gasteiger partial charge in [0.2, 0.25) is 0 Å². The molecule has 0 saturated heterocycles. The average molecular weight is 432 g/mol. The van der Waals surface area contributed by atoms with Crippen LogP contribution in [-0.4, -0.2) is 23.4 Å². The van der Waals surface area contributed by atoms with Gasteiger partial charge in [-0.1, -0.05) is 35.3 Å². The molecule has 0 atom stereocenters. The first-order valence-electron chi connectivity index (χ1n) is 6.99. The summed E-state index contributed by atoms with van der Waals surface area (Å²) in [7, 11) is 0. The first-order valence-corrected chi connectivity index (χ1v) is 7.75. The number of alkyl halides is 6. The molecule has 0 aliphatic carbocycles. The van der Waals surface area contributed by atoms with Crippen molar-refractivity contribution in [3.8, 4) is 0 Å². The van der Waals surface area contributed by atoms with Gasteiger partial charge in [0, 0.05) is 26.9 Å². The van der Waals surface area contributed by atoms with Crippen LogP contribution >= 0.6 is 23.2 Å². The molecule has 0 fully saturated rings. The fourth-order valence-electron chi connectivity index (χ4n) is 2.17. The maximum atomic E-state index is 12.8. The standard InChI is InChI=1S/C16H9Cl2F6NO2/c17-10-5-8(6-11(18)7-10)13(26)25-12-3-1-9(2-4-12)14(27,15(19,20)21)16(22,23)24/h1-7,27H,(H,25,26). The summed E-state index contributed by atoms with van der Waals surface area (Å²) in [5.41, 5.74) is -6.56. The van der Waals surface area contributed by atoms with Gasteiger partial charge < -0.3 is 10.4 Å². The highest BCUT2D eigenvalue weighted by molar-refractivity contribution is 6.35. The molecule has 0 heterocycles. The smallest absolute Gasteiger partial charge is 0.369 e. The molecule has 2 rings (SSSR count). The summed E-state index contributed by atoms with van der Waals surface area (Å²) in [5, 5.41) is 11.9. The van der Waals surface area contributed by atoms with E-state index in [1.165, 1.54) is 18.2 Å². The van der Waals surface area contributed by atoms with Crippen LogP contribution in [0.3, 0.4) is 0 Å². The summed E-state index contributed by atoms with van der Waals surface area (Å²) >= 11 is 11.5. The van der Waals surface area contributed by atoms with Gasteiger partial charge >= 0.3 is 12.4 Å². The van der Waals surface area contributed by atoms with Crippen LogP contribution in [0.1, 0.15) is 15.9 Å². The third kappa shape index (κ3) is 4.31. The first kappa shape index (κ1) is 21.3. The van der Waals surface area contributed by atoms with E-state index in [2.05, 4.69) is 5.32 Å². The van der Waals surface area contributed by atoms with Crippen LogP contribution in [-0.2, 0) is 5.60 Å². The minimum absolute atomic E-state index is 0.0265. The molecule has 0 aliphatic rings. The maximum Gasteiger partial charge on any atom is 0.430 e. The Morgan fingerprint density at radius 3 is 1.70 bits per heavy atom. The Bertz CT molecular complexity index is 815. The summed E-state index contributed by atoms with van der Waals surface area (Å²) in [6.07, 6.45) is -12.0. The average Bonchev–Trinajstić information content (AvgIpc) is 2.51. The fourth-order valence-corrected chi connectivity index (χ4v) is 2.70. The van der Waals surface area contributed by atoms with E-state index in [0.29, 0.717) is 12.1 Å². The second-order valence-electron chi connectivity index (χ2n) is 5.40. The molecule has 2 aromatic carbocycles. The normalized spacial score (nSPS) is 12.8. The molecule has 0 radical (unpaired) electrons. The Morgan fingerprint density at radius 2 is 1.30 bits per heavy atom. The molecule has 3 nitrogen and oxygen atoms in total. The third-order valence-corrected chi connectivity index (χ3v) is 3.94. The zero-order chi connectivity index (χ0) is 20.6. The molecule has 27 heavy (non-hydrogen) atoms. The molecule has 146 valence electrons. The predicted molar refractivity (Wildman–Crippen MR) is 86.9 cm³/mol. The van der Waals surface area contributed by atoms with Crippen molar-refractivity contribution in [3.63, 3.8) is 0 Å². The molecule has 11 heteroatoms. The van der Waals surface area contributed by atoms with E-state index >= 15 is 0 Å². The van der Waals surface area contributed by atoms with Crippen molar-refractivity contribution in [1.29, 1.82) is 0 Å². The molecule has 0 bridgehead atoms. The number of nitrogens with one attached hydrogen (secondary N) is 1. The summed E-state index contributed by atoms with van der Waals surface area (Å²) in [6.45, 7) is 0. The van der Waals surface area contributed by atoms with Crippen molar-refractivity contribution in [2.75, 3.05) is 5.32 Å². The molecule has 0 aliphatic heterocycles. The largest absolute Gasteiger partial charge is 0.430 e. The van der Waals surface area contributed by atoms with Crippen molar-refractivity contribution in [2.45, 2.75) is 18.0 Å². The van der Waals surface area contributed by atoms with Crippen LogP contribution in [0.5, 0.6) is 0 Å². The van der Waals surface area contributed by atoms with Gasteiger partial charge in [0.15, 0.2) is 0 Å². The molecule has 0 spiro atoms. The monoisotopic (exact) mass is 431 g/mol. The first-order chi connectivity index (χ1) is 12.3. The number of hydrogen-bond acceptors (Lipinski definition) is 2. The van der Waals surface area contributed by atoms with Crippen LogP contribution in [0.15, 0.2) is 42.5 Å². The highest BCUT2D eigenvalue weighted by atomic mass is 35.5. The lowest BCUT2D eigenvalue weighted by Crippen LogP contribution is -2.53. The number of hydrogen-bond donors (Lipinski definition) is 2. The van der Waals surface area contributed by atoms with Crippen molar-refractivity contribution < 1.29 is 36.2 Å². The number of carbonyl (C=O) groups is 1. The van der Waals surface area contributed by atoms with Crippen LogP contribution in [0.25, 0.3) is 0 Å². The number of carbonyl (C=O) groups excluding carboxylic acids is 1. The molecule has 2 aromatic rings. The number of benzene rings is 2. The second-order valence-corrected chi connectivity index (χ2v) is 6.27. The quantitative estimate of drug-likeness (QED) is 0.625. The zero-order valence-electron chi connectivity index (χ0n) is 12.9. The van der Waals surface area contributed by atoms with Gasteiger partial charge in [-0.3, -0.25) is 4.79 Å². The Kier molecular flexibility index (Phi) is 5.70. The molecular formula is C16H9Cl2F6NO2. The minimum atomic E-state index is -5.99. The van der Waals surface area contributed by atoms with Gasteiger partial charge in [0.05, 0.1) is 0 Å². The van der Waals surface area contributed by atoms with Gasteiger partial charge in [0.25, 0.3) is 11.5 Å². The number of rotatable bonds is 3. The lowest BCUT2D eigenvalue weighted by Gasteiger charge is -2.32. The van der Waals surface area contributed by atoms with Crippen LogP contribution in [0, 0.1) is 0 Å². The Hall–Kier alpha value is -1.97. The van der Waals surface area contributed by atoms with E-state index in [4.69, 9.17) is 23.2 Å². The fraction of sp³-hybridized carbons (Fsp3) is 0.188. The van der Waals surface area contributed by atoms with E-state index in [1.807, 2.05) is 0 Å². The highest BCUT2D eigenvalue weighted by Gasteiger charge is 2.71. The van der Waals surface area contributed by atoms with Crippen LogP contribution < -0.4 is 5.32 Å². The van der Waals surface area contributed by atoms with Gasteiger partial charge in [-0.05, 0) is 30.3 Å². The summed E-state index contributed by atoms with van der Waals surface area (Å²) in [4.78, 5) is 12.1. The molecule has 0 aromatic heterocycles. The summed E-state index contributed by atoms with van der Waals surface area (Å²) < 4.78 is 77.0. The Labute approximate surface area is 158 Å². The van der Waals surface area contributed by atoms with Crippen LogP contribution in [0.4, 0.5) is 32.0 Å². The van der Waals surface area contributed by atoms with E-state index in [1.54, 1.807) is 0 Å². The Morgan fingerprint density at radius 1 is 0.852 bits per heavy atom. The third-order valence-electron chi connectivity index (χ3n) is 3.51. The summed E-state index contributed by atoms with van der Waals surface area (Å²) in [6, 6.07) is 6.32. The lowest BCUT2D eigenvalue weighted by atomic mass is 9.92. The number of aliphatic hydroxyl groups is 1. The highest BCUT2D eigenvalue weighted by Crippen LogP contribution is 2.50. The maximum absolute atomic E-state index is 12.8. The van der Waals surface area contributed by atoms with Gasteiger partial charge in [-0.15, -0.1) is 0 Å². The van der Waals surface area contributed by atoms with E-state index in [-0.39, 0.29) is 21.3 Å². The van der Waals surface area contributed by atoms with Gasteiger partial charge in [0.1, 0.15) is 0 Å². The van der Waals surface area contributed by atoms with E-state index < -0.39 is 29.4 Å². The zero-order valence-corrected chi connectivity index (χ0v) is 14.4.